The van der Waals surface area contributed by atoms with Gasteiger partial charge in [-0.25, -0.2) is 4.68 Å². The van der Waals surface area contributed by atoms with Gasteiger partial charge < -0.3 is 15.3 Å². The van der Waals surface area contributed by atoms with E-state index in [1.165, 1.54) is 11.8 Å². The van der Waals surface area contributed by atoms with E-state index in [0.717, 1.165) is 32.4 Å². The van der Waals surface area contributed by atoms with Crippen LogP contribution < -0.4 is 5.32 Å². The molecule has 2 heterocycles. The molecule has 1 aromatic rings. The van der Waals surface area contributed by atoms with E-state index in [1.807, 2.05) is 0 Å². The summed E-state index contributed by atoms with van der Waals surface area (Å²) in [7, 11) is 0. The molecule has 1 saturated heterocycles. The summed E-state index contributed by atoms with van der Waals surface area (Å²) < 4.78 is 1.77. The van der Waals surface area contributed by atoms with Crippen LogP contribution in [0.4, 0.5) is 5.82 Å². The Balaban J connectivity index is 1.88. The third-order valence-corrected chi connectivity index (χ3v) is 4.73. The summed E-state index contributed by atoms with van der Waals surface area (Å²) in [5.74, 6) is -0.633. The van der Waals surface area contributed by atoms with Crippen LogP contribution in [-0.2, 0) is 20.9 Å². The van der Waals surface area contributed by atoms with Crippen molar-refractivity contribution in [3.8, 4) is 0 Å². The van der Waals surface area contributed by atoms with Gasteiger partial charge in [0.05, 0.1) is 12.7 Å². The largest absolute Gasteiger partial charge is 0.480 e. The van der Waals surface area contributed by atoms with Crippen molar-refractivity contribution in [2.45, 2.75) is 52.1 Å². The van der Waals surface area contributed by atoms with E-state index >= 15 is 0 Å². The lowest BCUT2D eigenvalue weighted by molar-refractivity contribution is -0.145. The Morgan fingerprint density at radius 1 is 1.33 bits per heavy atom. The molecule has 9 nitrogen and oxygen atoms in total. The van der Waals surface area contributed by atoms with Gasteiger partial charge in [0.1, 0.15) is 12.4 Å². The first-order chi connectivity index (χ1) is 12.9. The summed E-state index contributed by atoms with van der Waals surface area (Å²) in [6.45, 7) is 5.59. The average Bonchev–Trinajstić information content (AvgIpc) is 2.89. The molecule has 0 aliphatic carbocycles. The molecule has 2 N–H and O–H groups in total. The number of hydrogen-bond donors (Lipinski definition) is 2. The van der Waals surface area contributed by atoms with Crippen molar-refractivity contribution in [2.24, 2.45) is 0 Å². The number of carbonyl (C=O) groups is 3. The molecule has 2 rings (SSSR count). The van der Waals surface area contributed by atoms with Crippen LogP contribution in [0.2, 0.25) is 0 Å². The zero-order valence-corrected chi connectivity index (χ0v) is 16.1. The summed E-state index contributed by atoms with van der Waals surface area (Å²) in [6, 6.07) is 1.68. The van der Waals surface area contributed by atoms with Crippen molar-refractivity contribution >= 4 is 23.6 Å². The van der Waals surface area contributed by atoms with E-state index in [4.69, 9.17) is 5.11 Å². The maximum atomic E-state index is 12.4. The number of nitrogens with one attached hydrogen (secondary N) is 1. The van der Waals surface area contributed by atoms with E-state index in [2.05, 4.69) is 22.2 Å². The van der Waals surface area contributed by atoms with Gasteiger partial charge in [-0.2, -0.15) is 5.10 Å². The highest BCUT2D eigenvalue weighted by Gasteiger charge is 2.26. The number of carboxylic acid groups (broad SMARTS) is 1. The van der Waals surface area contributed by atoms with E-state index in [0.29, 0.717) is 18.8 Å². The van der Waals surface area contributed by atoms with Gasteiger partial charge in [-0.15, -0.1) is 0 Å². The minimum atomic E-state index is -1.01. The lowest BCUT2D eigenvalue weighted by Gasteiger charge is -2.28. The van der Waals surface area contributed by atoms with Gasteiger partial charge >= 0.3 is 5.97 Å². The fourth-order valence-electron chi connectivity index (χ4n) is 3.47. The Morgan fingerprint density at radius 2 is 2.11 bits per heavy atom. The van der Waals surface area contributed by atoms with Gasteiger partial charge in [-0.1, -0.05) is 6.92 Å². The quantitative estimate of drug-likeness (QED) is 0.698. The van der Waals surface area contributed by atoms with Crippen LogP contribution in [0.25, 0.3) is 0 Å². The predicted molar refractivity (Wildman–Crippen MR) is 100 cm³/mol. The Kier molecular flexibility index (Phi) is 7.78. The Morgan fingerprint density at radius 3 is 2.78 bits per heavy atom. The average molecular weight is 379 g/mol. The third kappa shape index (κ3) is 6.35. The molecular formula is C18H29N5O4. The zero-order chi connectivity index (χ0) is 19.8. The van der Waals surface area contributed by atoms with E-state index < -0.39 is 5.97 Å². The fourth-order valence-corrected chi connectivity index (χ4v) is 3.47. The fraction of sp³-hybridized carbons (Fsp3) is 0.667. The van der Waals surface area contributed by atoms with E-state index in [1.54, 1.807) is 16.9 Å². The Bertz CT molecular complexity index is 660. The van der Waals surface area contributed by atoms with Gasteiger partial charge in [-0.05, 0) is 32.2 Å². The second-order valence-electron chi connectivity index (χ2n) is 6.89. The summed E-state index contributed by atoms with van der Waals surface area (Å²) >= 11 is 0. The normalized spacial score (nSPS) is 17.9. The number of amides is 2. The first kappa shape index (κ1) is 20.9. The van der Waals surface area contributed by atoms with Crippen molar-refractivity contribution in [1.29, 1.82) is 0 Å². The first-order valence-electron chi connectivity index (χ1n) is 9.43. The van der Waals surface area contributed by atoms with Gasteiger partial charge in [0, 0.05) is 32.1 Å². The number of aromatic nitrogens is 2. The van der Waals surface area contributed by atoms with Crippen LogP contribution in [0.5, 0.6) is 0 Å². The van der Waals surface area contributed by atoms with Crippen LogP contribution in [-0.4, -0.2) is 74.7 Å². The lowest BCUT2D eigenvalue weighted by Crippen LogP contribution is -2.43. The molecule has 1 aliphatic heterocycles. The molecule has 9 heteroatoms. The van der Waals surface area contributed by atoms with E-state index in [9.17, 15) is 14.4 Å². The SMILES string of the molecule is CCCn1nccc1NC(=O)CN1CCCC(N(CC(=O)O)C(C)=O)CC1. The highest BCUT2D eigenvalue weighted by Crippen LogP contribution is 2.17. The molecule has 1 aliphatic rings. The molecule has 2 amide bonds. The molecule has 0 radical (unpaired) electrons. The number of likely N-dealkylation sites (tertiary alicyclic amines) is 1. The molecule has 27 heavy (non-hydrogen) atoms. The van der Waals surface area contributed by atoms with Crippen molar-refractivity contribution in [2.75, 3.05) is 31.5 Å². The zero-order valence-electron chi connectivity index (χ0n) is 16.1. The summed E-state index contributed by atoms with van der Waals surface area (Å²) in [5, 5.41) is 16.1. The molecule has 0 saturated carbocycles. The van der Waals surface area contributed by atoms with Gasteiger partial charge in [0.15, 0.2) is 0 Å². The number of carboxylic acids is 1. The van der Waals surface area contributed by atoms with E-state index in [-0.39, 0.29) is 30.9 Å². The maximum Gasteiger partial charge on any atom is 0.323 e. The van der Waals surface area contributed by atoms with Crippen molar-refractivity contribution in [3.05, 3.63) is 12.3 Å². The highest BCUT2D eigenvalue weighted by atomic mass is 16.4. The summed E-state index contributed by atoms with van der Waals surface area (Å²) in [5.41, 5.74) is 0. The van der Waals surface area contributed by atoms with Crippen LogP contribution >= 0.6 is 0 Å². The van der Waals surface area contributed by atoms with Crippen LogP contribution in [0.15, 0.2) is 12.3 Å². The molecule has 0 spiro atoms. The molecule has 1 atom stereocenters. The minimum Gasteiger partial charge on any atom is -0.480 e. The number of aliphatic carboxylic acids is 1. The monoisotopic (exact) mass is 379 g/mol. The Hall–Kier alpha value is -2.42. The smallest absolute Gasteiger partial charge is 0.323 e. The Labute approximate surface area is 159 Å². The van der Waals surface area contributed by atoms with Crippen molar-refractivity contribution in [3.63, 3.8) is 0 Å². The number of carbonyl (C=O) groups excluding carboxylic acids is 2. The van der Waals surface area contributed by atoms with Crippen molar-refractivity contribution in [1.82, 2.24) is 19.6 Å². The number of aryl methyl sites for hydroxylation is 1. The van der Waals surface area contributed by atoms with Gasteiger partial charge in [0.2, 0.25) is 11.8 Å². The standard InChI is InChI=1S/C18H29N5O4/c1-3-9-23-16(6-8-19-23)20-17(25)12-21-10-4-5-15(7-11-21)22(14(2)24)13-18(26)27/h6,8,15H,3-5,7,9-13H2,1-2H3,(H,20,25)(H,26,27). The van der Waals surface area contributed by atoms with Crippen LogP contribution in [0, 0.1) is 0 Å². The first-order valence-corrected chi connectivity index (χ1v) is 9.43. The van der Waals surface area contributed by atoms with Crippen LogP contribution in [0.3, 0.4) is 0 Å². The number of anilines is 1. The summed E-state index contributed by atoms with van der Waals surface area (Å²) in [4.78, 5) is 38.7. The molecule has 0 bridgehead atoms. The molecular weight excluding hydrogens is 350 g/mol. The second kappa shape index (κ2) is 10.1. The van der Waals surface area contributed by atoms with Gasteiger partial charge in [0.25, 0.3) is 0 Å². The van der Waals surface area contributed by atoms with Gasteiger partial charge in [-0.3, -0.25) is 19.3 Å². The topological polar surface area (TPSA) is 108 Å². The number of hydrogen-bond acceptors (Lipinski definition) is 5. The number of nitrogens with zero attached hydrogens (tertiary/aromatic N) is 4. The highest BCUT2D eigenvalue weighted by molar-refractivity contribution is 5.91. The van der Waals surface area contributed by atoms with Crippen LogP contribution in [0.1, 0.15) is 39.5 Å². The van der Waals surface area contributed by atoms with Crippen molar-refractivity contribution < 1.29 is 19.5 Å². The molecule has 1 unspecified atom stereocenters. The second-order valence-corrected chi connectivity index (χ2v) is 6.89. The predicted octanol–water partition coefficient (Wildman–Crippen LogP) is 1.02. The number of rotatable bonds is 8. The third-order valence-electron chi connectivity index (χ3n) is 4.73. The molecule has 0 aromatic carbocycles. The molecule has 150 valence electrons. The molecule has 1 fully saturated rings. The minimum absolute atomic E-state index is 0.0970. The lowest BCUT2D eigenvalue weighted by atomic mass is 10.1. The molecule has 1 aromatic heterocycles. The maximum absolute atomic E-state index is 12.4. The summed E-state index contributed by atoms with van der Waals surface area (Å²) in [6.07, 6.45) is 4.82.